The van der Waals surface area contributed by atoms with Crippen molar-refractivity contribution in [3.05, 3.63) is 48.0 Å². The van der Waals surface area contributed by atoms with Crippen molar-refractivity contribution in [2.45, 2.75) is 26.1 Å². The van der Waals surface area contributed by atoms with Crippen LogP contribution in [0, 0.1) is 0 Å². The van der Waals surface area contributed by atoms with Crippen LogP contribution in [-0.4, -0.2) is 61.1 Å². The minimum absolute atomic E-state index is 0.0513. The molecule has 1 heterocycles. The standard InChI is InChI=1S/C21H24N2O5/c1-14-11-23(12-15(2)28-14)19(24)13-27-20(25)10-22-21(26)18-8-7-16-5-3-4-6-17(16)9-18/h3-9,14-15H,10-13H2,1-2H3,(H,22,26)/t14-,15-/m1/s1. The number of amides is 2. The maximum atomic E-state index is 12.2. The number of nitrogens with one attached hydrogen (secondary N) is 1. The number of fused-ring (bicyclic) bond motifs is 1. The number of carbonyl (C=O) groups is 3. The highest BCUT2D eigenvalue weighted by Crippen LogP contribution is 2.15. The summed E-state index contributed by atoms with van der Waals surface area (Å²) < 4.78 is 10.6. The first-order chi connectivity index (χ1) is 13.4. The third kappa shape index (κ3) is 5.07. The minimum atomic E-state index is -0.656. The molecule has 0 aliphatic carbocycles. The Labute approximate surface area is 163 Å². The molecule has 0 aromatic heterocycles. The highest BCUT2D eigenvalue weighted by Gasteiger charge is 2.26. The zero-order valence-electron chi connectivity index (χ0n) is 16.0. The molecule has 2 amide bonds. The van der Waals surface area contributed by atoms with E-state index in [0.717, 1.165) is 10.8 Å². The summed E-state index contributed by atoms with van der Waals surface area (Å²) in [6.07, 6.45) is -0.103. The van der Waals surface area contributed by atoms with Gasteiger partial charge in [0.2, 0.25) is 0 Å². The van der Waals surface area contributed by atoms with E-state index in [-0.39, 0.29) is 37.2 Å². The smallest absolute Gasteiger partial charge is 0.325 e. The van der Waals surface area contributed by atoms with Crippen LogP contribution in [-0.2, 0) is 19.1 Å². The summed E-state index contributed by atoms with van der Waals surface area (Å²) in [5.41, 5.74) is 0.457. The third-order valence-electron chi connectivity index (χ3n) is 4.53. The Morgan fingerprint density at radius 2 is 1.75 bits per heavy atom. The summed E-state index contributed by atoms with van der Waals surface area (Å²) in [6, 6.07) is 13.0. The lowest BCUT2D eigenvalue weighted by Crippen LogP contribution is -2.49. The molecule has 2 atom stereocenters. The molecule has 0 radical (unpaired) electrons. The average Bonchev–Trinajstić information content (AvgIpc) is 2.69. The van der Waals surface area contributed by atoms with Crippen LogP contribution in [0.5, 0.6) is 0 Å². The molecular weight excluding hydrogens is 360 g/mol. The lowest BCUT2D eigenvalue weighted by molar-refractivity contribution is -0.156. The van der Waals surface area contributed by atoms with Crippen LogP contribution >= 0.6 is 0 Å². The molecule has 1 aliphatic rings. The Hall–Kier alpha value is -2.93. The van der Waals surface area contributed by atoms with Gasteiger partial charge >= 0.3 is 5.97 Å². The second-order valence-corrected chi connectivity index (χ2v) is 6.96. The van der Waals surface area contributed by atoms with Crippen molar-refractivity contribution >= 4 is 28.6 Å². The van der Waals surface area contributed by atoms with Crippen molar-refractivity contribution in [3.63, 3.8) is 0 Å². The van der Waals surface area contributed by atoms with Crippen LogP contribution in [0.1, 0.15) is 24.2 Å². The number of ether oxygens (including phenoxy) is 2. The first-order valence-electron chi connectivity index (χ1n) is 9.28. The molecule has 0 bridgehead atoms. The molecule has 1 aliphatic heterocycles. The second kappa shape index (κ2) is 8.84. The fraction of sp³-hybridized carbons (Fsp3) is 0.381. The predicted molar refractivity (Wildman–Crippen MR) is 104 cm³/mol. The SMILES string of the molecule is C[C@@H]1CN(C(=O)COC(=O)CNC(=O)c2ccc3ccccc3c2)C[C@@H](C)O1. The topological polar surface area (TPSA) is 84.9 Å². The van der Waals surface area contributed by atoms with E-state index in [1.807, 2.05) is 44.2 Å². The normalized spacial score (nSPS) is 19.3. The van der Waals surface area contributed by atoms with E-state index in [1.165, 1.54) is 0 Å². The molecule has 1 fully saturated rings. The fourth-order valence-electron chi connectivity index (χ4n) is 3.25. The van der Waals surface area contributed by atoms with Crippen LogP contribution in [0.4, 0.5) is 0 Å². The van der Waals surface area contributed by atoms with Gasteiger partial charge in [-0.05, 0) is 36.8 Å². The summed E-state index contributed by atoms with van der Waals surface area (Å²) in [7, 11) is 0. The number of hydrogen-bond acceptors (Lipinski definition) is 5. The van der Waals surface area contributed by atoms with Crippen LogP contribution < -0.4 is 5.32 Å². The van der Waals surface area contributed by atoms with Gasteiger partial charge in [-0.1, -0.05) is 30.3 Å². The Morgan fingerprint density at radius 3 is 2.46 bits per heavy atom. The Balaban J connectivity index is 1.45. The van der Waals surface area contributed by atoms with Crippen molar-refractivity contribution < 1.29 is 23.9 Å². The Morgan fingerprint density at radius 1 is 1.07 bits per heavy atom. The van der Waals surface area contributed by atoms with E-state index in [9.17, 15) is 14.4 Å². The molecule has 1 N–H and O–H groups in total. The minimum Gasteiger partial charge on any atom is -0.454 e. The molecule has 2 aromatic carbocycles. The second-order valence-electron chi connectivity index (χ2n) is 6.96. The monoisotopic (exact) mass is 384 g/mol. The first kappa shape index (κ1) is 19.8. The summed E-state index contributed by atoms with van der Waals surface area (Å²) in [5, 5.41) is 4.50. The van der Waals surface area contributed by atoms with Gasteiger partial charge in [0.05, 0.1) is 12.2 Å². The number of esters is 1. The van der Waals surface area contributed by atoms with Crippen molar-refractivity contribution in [2.75, 3.05) is 26.2 Å². The van der Waals surface area contributed by atoms with Gasteiger partial charge in [-0.3, -0.25) is 14.4 Å². The summed E-state index contributed by atoms with van der Waals surface area (Å²) in [5.74, 6) is -1.29. The Kier molecular flexibility index (Phi) is 6.26. The lowest BCUT2D eigenvalue weighted by atomic mass is 10.1. The fourth-order valence-corrected chi connectivity index (χ4v) is 3.25. The van der Waals surface area contributed by atoms with Gasteiger partial charge in [-0.25, -0.2) is 0 Å². The van der Waals surface area contributed by atoms with E-state index in [2.05, 4.69) is 5.32 Å². The van der Waals surface area contributed by atoms with Gasteiger partial charge in [-0.15, -0.1) is 0 Å². The lowest BCUT2D eigenvalue weighted by Gasteiger charge is -2.35. The van der Waals surface area contributed by atoms with Gasteiger partial charge in [0.1, 0.15) is 6.54 Å². The van der Waals surface area contributed by atoms with Gasteiger partial charge in [0.15, 0.2) is 6.61 Å². The first-order valence-corrected chi connectivity index (χ1v) is 9.28. The molecule has 0 saturated carbocycles. The average molecular weight is 384 g/mol. The maximum absolute atomic E-state index is 12.2. The van der Waals surface area contributed by atoms with Gasteiger partial charge in [0, 0.05) is 18.7 Å². The molecule has 2 aromatic rings. The number of nitrogens with zero attached hydrogens (tertiary/aromatic N) is 1. The highest BCUT2D eigenvalue weighted by atomic mass is 16.5. The van der Waals surface area contributed by atoms with E-state index >= 15 is 0 Å². The molecule has 28 heavy (non-hydrogen) atoms. The van der Waals surface area contributed by atoms with Gasteiger partial charge < -0.3 is 19.7 Å². The van der Waals surface area contributed by atoms with Crippen LogP contribution in [0.15, 0.2) is 42.5 Å². The largest absolute Gasteiger partial charge is 0.454 e. The molecule has 7 heteroatoms. The number of benzene rings is 2. The Bertz CT molecular complexity index is 872. The molecular formula is C21H24N2O5. The van der Waals surface area contributed by atoms with Gasteiger partial charge in [0.25, 0.3) is 11.8 Å². The number of morpholine rings is 1. The molecule has 3 rings (SSSR count). The summed E-state index contributed by atoms with van der Waals surface area (Å²) in [6.45, 7) is 4.09. The van der Waals surface area contributed by atoms with E-state index in [4.69, 9.17) is 9.47 Å². The number of carbonyl (C=O) groups excluding carboxylic acids is 3. The summed E-state index contributed by atoms with van der Waals surface area (Å²) >= 11 is 0. The quantitative estimate of drug-likeness (QED) is 0.794. The molecule has 1 saturated heterocycles. The zero-order chi connectivity index (χ0) is 20.1. The highest BCUT2D eigenvalue weighted by molar-refractivity contribution is 5.99. The zero-order valence-corrected chi connectivity index (χ0v) is 16.0. The number of rotatable bonds is 5. The third-order valence-corrected chi connectivity index (χ3v) is 4.53. The number of hydrogen-bond donors (Lipinski definition) is 1. The van der Waals surface area contributed by atoms with Gasteiger partial charge in [-0.2, -0.15) is 0 Å². The van der Waals surface area contributed by atoms with E-state index in [0.29, 0.717) is 18.7 Å². The molecule has 148 valence electrons. The maximum Gasteiger partial charge on any atom is 0.325 e. The van der Waals surface area contributed by atoms with Crippen LogP contribution in [0.25, 0.3) is 10.8 Å². The van der Waals surface area contributed by atoms with Crippen LogP contribution in [0.3, 0.4) is 0 Å². The van der Waals surface area contributed by atoms with E-state index < -0.39 is 5.97 Å². The predicted octanol–water partition coefficient (Wildman–Crippen LogP) is 1.75. The molecule has 0 unspecified atom stereocenters. The van der Waals surface area contributed by atoms with Crippen molar-refractivity contribution in [2.24, 2.45) is 0 Å². The van der Waals surface area contributed by atoms with Crippen molar-refractivity contribution in [1.82, 2.24) is 10.2 Å². The van der Waals surface area contributed by atoms with Crippen molar-refractivity contribution in [1.29, 1.82) is 0 Å². The molecule has 0 spiro atoms. The van der Waals surface area contributed by atoms with Crippen LogP contribution in [0.2, 0.25) is 0 Å². The summed E-state index contributed by atoms with van der Waals surface area (Å²) in [4.78, 5) is 37.9. The molecule has 7 nitrogen and oxygen atoms in total. The van der Waals surface area contributed by atoms with E-state index in [1.54, 1.807) is 17.0 Å². The van der Waals surface area contributed by atoms with Crippen molar-refractivity contribution in [3.8, 4) is 0 Å².